The van der Waals surface area contributed by atoms with Gasteiger partial charge in [-0.25, -0.2) is 9.97 Å². The van der Waals surface area contributed by atoms with Crippen LogP contribution in [0.2, 0.25) is 0 Å². The summed E-state index contributed by atoms with van der Waals surface area (Å²) in [6, 6.07) is 7.46. The first-order valence-corrected chi connectivity index (χ1v) is 6.32. The Morgan fingerprint density at radius 3 is 2.37 bits per heavy atom. The standard InChI is InChI=1S/C13H9BrN2O3/c14-9-1-3-10(4-2-9)19-12-8-15-11(7-16-12)13-17-5-6-18-13/h1-8,13H. The van der Waals surface area contributed by atoms with E-state index in [0.29, 0.717) is 17.3 Å². The van der Waals surface area contributed by atoms with E-state index in [1.807, 2.05) is 24.3 Å². The van der Waals surface area contributed by atoms with Crippen molar-refractivity contribution < 1.29 is 14.2 Å². The van der Waals surface area contributed by atoms with E-state index in [1.54, 1.807) is 6.20 Å². The zero-order chi connectivity index (χ0) is 13.1. The third kappa shape index (κ3) is 2.85. The predicted molar refractivity (Wildman–Crippen MR) is 70.3 cm³/mol. The van der Waals surface area contributed by atoms with Crippen molar-refractivity contribution in [1.29, 1.82) is 0 Å². The molecule has 0 saturated heterocycles. The number of aromatic nitrogens is 2. The second-order valence-electron chi connectivity index (χ2n) is 3.71. The Hall–Kier alpha value is -2.08. The molecular weight excluding hydrogens is 312 g/mol. The van der Waals surface area contributed by atoms with Crippen LogP contribution in [0.3, 0.4) is 0 Å². The average Bonchev–Trinajstić information content (AvgIpc) is 2.96. The van der Waals surface area contributed by atoms with Gasteiger partial charge in [0.1, 0.15) is 24.0 Å². The molecular formula is C13H9BrN2O3. The molecule has 1 aliphatic heterocycles. The van der Waals surface area contributed by atoms with E-state index in [9.17, 15) is 0 Å². The van der Waals surface area contributed by atoms with Gasteiger partial charge in [-0.3, -0.25) is 0 Å². The van der Waals surface area contributed by atoms with E-state index in [2.05, 4.69) is 25.9 Å². The smallest absolute Gasteiger partial charge is 0.284 e. The Bertz CT molecular complexity index is 576. The SMILES string of the molecule is Brc1ccc(Oc2cnc(C3OC=CO3)cn2)cc1. The van der Waals surface area contributed by atoms with Gasteiger partial charge in [-0.1, -0.05) is 15.9 Å². The van der Waals surface area contributed by atoms with Gasteiger partial charge in [-0.05, 0) is 24.3 Å². The first-order chi connectivity index (χ1) is 9.31. The van der Waals surface area contributed by atoms with Crippen LogP contribution in [0.5, 0.6) is 11.6 Å². The number of halogens is 1. The molecule has 2 heterocycles. The summed E-state index contributed by atoms with van der Waals surface area (Å²) >= 11 is 3.36. The van der Waals surface area contributed by atoms with Crippen LogP contribution in [-0.4, -0.2) is 9.97 Å². The maximum absolute atomic E-state index is 5.56. The summed E-state index contributed by atoms with van der Waals surface area (Å²) < 4.78 is 16.9. The Labute approximate surface area is 118 Å². The maximum Gasteiger partial charge on any atom is 0.284 e. The number of nitrogens with zero attached hydrogens (tertiary/aromatic N) is 2. The summed E-state index contributed by atoms with van der Waals surface area (Å²) in [5.74, 6) is 1.11. The van der Waals surface area contributed by atoms with E-state index in [4.69, 9.17) is 14.2 Å². The van der Waals surface area contributed by atoms with Gasteiger partial charge in [-0.2, -0.15) is 0 Å². The van der Waals surface area contributed by atoms with Crippen LogP contribution in [0.1, 0.15) is 12.0 Å². The van der Waals surface area contributed by atoms with Crippen molar-refractivity contribution in [2.45, 2.75) is 6.29 Å². The van der Waals surface area contributed by atoms with Crippen molar-refractivity contribution in [2.75, 3.05) is 0 Å². The van der Waals surface area contributed by atoms with Crippen molar-refractivity contribution in [3.05, 3.63) is 59.3 Å². The summed E-state index contributed by atoms with van der Waals surface area (Å²) in [6.45, 7) is 0. The molecule has 6 heteroatoms. The number of hydrogen-bond acceptors (Lipinski definition) is 5. The minimum atomic E-state index is -0.519. The van der Waals surface area contributed by atoms with Crippen molar-refractivity contribution in [3.8, 4) is 11.6 Å². The van der Waals surface area contributed by atoms with E-state index in [0.717, 1.165) is 4.47 Å². The van der Waals surface area contributed by atoms with Gasteiger partial charge in [0.05, 0.1) is 12.4 Å². The summed E-state index contributed by atoms with van der Waals surface area (Å²) in [7, 11) is 0. The third-order valence-electron chi connectivity index (χ3n) is 2.39. The highest BCUT2D eigenvalue weighted by Crippen LogP contribution is 2.24. The first-order valence-electron chi connectivity index (χ1n) is 5.52. The van der Waals surface area contributed by atoms with Crippen LogP contribution in [0.15, 0.2) is 53.7 Å². The van der Waals surface area contributed by atoms with Gasteiger partial charge in [-0.15, -0.1) is 0 Å². The quantitative estimate of drug-likeness (QED) is 0.865. The fourth-order valence-corrected chi connectivity index (χ4v) is 1.77. The minimum Gasteiger partial charge on any atom is -0.454 e. The van der Waals surface area contributed by atoms with Crippen LogP contribution >= 0.6 is 15.9 Å². The predicted octanol–water partition coefficient (Wildman–Crippen LogP) is 3.55. The molecule has 0 saturated carbocycles. The molecule has 0 atom stereocenters. The molecule has 2 aromatic rings. The molecule has 0 bridgehead atoms. The van der Waals surface area contributed by atoms with E-state index in [1.165, 1.54) is 18.7 Å². The number of hydrogen-bond donors (Lipinski definition) is 0. The first kappa shape index (κ1) is 12.0. The molecule has 0 radical (unpaired) electrons. The molecule has 3 rings (SSSR count). The molecule has 19 heavy (non-hydrogen) atoms. The second-order valence-corrected chi connectivity index (χ2v) is 4.63. The molecule has 0 unspecified atom stereocenters. The van der Waals surface area contributed by atoms with Crippen molar-refractivity contribution in [1.82, 2.24) is 9.97 Å². The lowest BCUT2D eigenvalue weighted by molar-refractivity contribution is -0.0282. The lowest BCUT2D eigenvalue weighted by Gasteiger charge is -2.09. The molecule has 0 aliphatic carbocycles. The van der Waals surface area contributed by atoms with E-state index in [-0.39, 0.29) is 0 Å². The van der Waals surface area contributed by atoms with Crippen LogP contribution in [0.4, 0.5) is 0 Å². The molecule has 5 nitrogen and oxygen atoms in total. The fraction of sp³-hybridized carbons (Fsp3) is 0.0769. The molecule has 96 valence electrons. The molecule has 0 N–H and O–H groups in total. The van der Waals surface area contributed by atoms with Crippen molar-refractivity contribution >= 4 is 15.9 Å². The number of benzene rings is 1. The zero-order valence-corrected chi connectivity index (χ0v) is 11.3. The molecule has 0 amide bonds. The van der Waals surface area contributed by atoms with Gasteiger partial charge in [0.25, 0.3) is 6.29 Å². The summed E-state index contributed by atoms with van der Waals surface area (Å²) in [6.07, 6.45) is 5.51. The van der Waals surface area contributed by atoms with Gasteiger partial charge in [0.15, 0.2) is 0 Å². The van der Waals surface area contributed by atoms with Gasteiger partial charge in [0.2, 0.25) is 5.88 Å². The van der Waals surface area contributed by atoms with Crippen LogP contribution in [-0.2, 0) is 9.47 Å². The maximum atomic E-state index is 5.56. The summed E-state index contributed by atoms with van der Waals surface area (Å²) in [5.41, 5.74) is 0.591. The lowest BCUT2D eigenvalue weighted by atomic mass is 10.3. The van der Waals surface area contributed by atoms with Gasteiger partial charge in [0, 0.05) is 4.47 Å². The van der Waals surface area contributed by atoms with Crippen LogP contribution in [0, 0.1) is 0 Å². The zero-order valence-electron chi connectivity index (χ0n) is 9.69. The van der Waals surface area contributed by atoms with E-state index < -0.39 is 6.29 Å². The Morgan fingerprint density at radius 2 is 1.74 bits per heavy atom. The molecule has 1 aromatic heterocycles. The van der Waals surface area contributed by atoms with Gasteiger partial charge >= 0.3 is 0 Å². The Morgan fingerprint density at radius 1 is 1.00 bits per heavy atom. The normalized spacial score (nSPS) is 13.9. The highest BCUT2D eigenvalue weighted by Gasteiger charge is 2.17. The highest BCUT2D eigenvalue weighted by atomic mass is 79.9. The second kappa shape index (κ2) is 5.27. The molecule has 0 spiro atoms. The van der Waals surface area contributed by atoms with E-state index >= 15 is 0 Å². The fourth-order valence-electron chi connectivity index (χ4n) is 1.50. The van der Waals surface area contributed by atoms with Gasteiger partial charge < -0.3 is 14.2 Å². The molecule has 0 fully saturated rings. The molecule has 1 aliphatic rings. The third-order valence-corrected chi connectivity index (χ3v) is 2.91. The minimum absolute atomic E-state index is 0.414. The highest BCUT2D eigenvalue weighted by molar-refractivity contribution is 9.10. The van der Waals surface area contributed by atoms with Crippen LogP contribution in [0.25, 0.3) is 0 Å². The monoisotopic (exact) mass is 320 g/mol. The van der Waals surface area contributed by atoms with Crippen molar-refractivity contribution in [2.24, 2.45) is 0 Å². The Balaban J connectivity index is 1.70. The summed E-state index contributed by atoms with van der Waals surface area (Å²) in [4.78, 5) is 8.34. The number of ether oxygens (including phenoxy) is 3. The average molecular weight is 321 g/mol. The topological polar surface area (TPSA) is 53.5 Å². The lowest BCUT2D eigenvalue weighted by Crippen LogP contribution is -2.02. The van der Waals surface area contributed by atoms with Crippen molar-refractivity contribution in [3.63, 3.8) is 0 Å². The largest absolute Gasteiger partial charge is 0.454 e. The number of rotatable bonds is 3. The molecule has 1 aromatic carbocycles. The van der Waals surface area contributed by atoms with Crippen LogP contribution < -0.4 is 4.74 Å². The Kier molecular flexibility index (Phi) is 3.33. The summed E-state index contributed by atoms with van der Waals surface area (Å²) in [5, 5.41) is 0.